The van der Waals surface area contributed by atoms with E-state index in [9.17, 15) is 17.2 Å². The average Bonchev–Trinajstić information content (AvgIpc) is 3.27. The Morgan fingerprint density at radius 1 is 1.12 bits per heavy atom. The number of nitrogens with zero attached hydrogens (tertiary/aromatic N) is 5. The Bertz CT molecular complexity index is 1410. The molecule has 0 saturated carbocycles. The molecule has 12 heteroatoms. The number of fused-ring (bicyclic) bond motifs is 1. The fourth-order valence-corrected chi connectivity index (χ4v) is 6.11. The first-order valence-corrected chi connectivity index (χ1v) is 11.9. The molecule has 34 heavy (non-hydrogen) atoms. The van der Waals surface area contributed by atoms with Crippen LogP contribution in [-0.4, -0.2) is 60.8 Å². The third kappa shape index (κ3) is 3.56. The monoisotopic (exact) mass is 489 g/mol. The molecule has 0 N–H and O–H groups in total. The van der Waals surface area contributed by atoms with Crippen LogP contribution in [-0.2, 0) is 14.8 Å². The first-order valence-electron chi connectivity index (χ1n) is 10.4. The Morgan fingerprint density at radius 2 is 1.82 bits per heavy atom. The van der Waals surface area contributed by atoms with E-state index in [0.717, 1.165) is 16.4 Å². The molecule has 2 aromatic carbocycles. The number of sulfonamides is 1. The second kappa shape index (κ2) is 8.19. The first-order chi connectivity index (χ1) is 16.2. The van der Waals surface area contributed by atoms with Gasteiger partial charge in [-0.3, -0.25) is 4.98 Å². The minimum Gasteiger partial charge on any atom is -0.355 e. The number of rotatable bonds is 3. The molecule has 3 heterocycles. The van der Waals surface area contributed by atoms with Crippen LogP contribution >= 0.6 is 0 Å². The molecule has 1 spiro atoms. The van der Waals surface area contributed by atoms with Crippen molar-refractivity contribution in [3.63, 3.8) is 0 Å². The molecule has 2 fully saturated rings. The smallest absolute Gasteiger partial charge is 0.245 e. The van der Waals surface area contributed by atoms with Crippen molar-refractivity contribution in [1.82, 2.24) is 14.3 Å². The van der Waals surface area contributed by atoms with E-state index in [1.54, 1.807) is 4.90 Å². The molecule has 2 saturated heterocycles. The molecule has 176 valence electrons. The molecule has 0 bridgehead atoms. The van der Waals surface area contributed by atoms with Gasteiger partial charge in [-0.1, -0.05) is 0 Å². The van der Waals surface area contributed by atoms with E-state index < -0.39 is 33.6 Å². The number of alkyl halides is 1. The Labute approximate surface area is 193 Å². The van der Waals surface area contributed by atoms with Crippen molar-refractivity contribution >= 4 is 26.9 Å². The van der Waals surface area contributed by atoms with Crippen LogP contribution in [0.25, 0.3) is 11.0 Å². The van der Waals surface area contributed by atoms with E-state index in [4.69, 9.17) is 10.00 Å². The maximum absolute atomic E-state index is 15.7. The lowest BCUT2D eigenvalue weighted by Crippen LogP contribution is -2.62. The van der Waals surface area contributed by atoms with E-state index >= 15 is 4.39 Å². The maximum Gasteiger partial charge on any atom is 0.245 e. The molecule has 3 aromatic rings. The summed E-state index contributed by atoms with van der Waals surface area (Å²) in [6, 6.07) is 9.19. The van der Waals surface area contributed by atoms with E-state index in [2.05, 4.69) is 9.97 Å². The summed E-state index contributed by atoms with van der Waals surface area (Å²) in [6.45, 7) is -0.00709. The summed E-state index contributed by atoms with van der Waals surface area (Å²) in [5.41, 5.74) is -1.09. The molecule has 1 aromatic heterocycles. The van der Waals surface area contributed by atoms with Gasteiger partial charge in [0, 0.05) is 31.6 Å². The van der Waals surface area contributed by atoms with Crippen molar-refractivity contribution in [3.05, 3.63) is 59.8 Å². The van der Waals surface area contributed by atoms with Crippen molar-refractivity contribution in [2.75, 3.05) is 31.1 Å². The summed E-state index contributed by atoms with van der Waals surface area (Å²) < 4.78 is 76.1. The lowest BCUT2D eigenvalue weighted by molar-refractivity contribution is -0.116. The van der Waals surface area contributed by atoms with Gasteiger partial charge in [-0.25, -0.2) is 26.6 Å². The minimum absolute atomic E-state index is 0.0105. The van der Waals surface area contributed by atoms with Crippen LogP contribution in [0.3, 0.4) is 0 Å². The first kappa shape index (κ1) is 22.5. The lowest BCUT2D eigenvalue weighted by atomic mass is 9.98. The van der Waals surface area contributed by atoms with Gasteiger partial charge < -0.3 is 9.64 Å². The number of halogens is 3. The second-order valence-electron chi connectivity index (χ2n) is 8.05. The summed E-state index contributed by atoms with van der Waals surface area (Å²) in [5, 5.41) is 8.95. The molecule has 2 atom stereocenters. The van der Waals surface area contributed by atoms with Gasteiger partial charge in [0.05, 0.1) is 46.9 Å². The van der Waals surface area contributed by atoms with Gasteiger partial charge in [0.25, 0.3) is 0 Å². The van der Waals surface area contributed by atoms with E-state index in [0.29, 0.717) is 5.56 Å². The van der Waals surface area contributed by atoms with Crippen LogP contribution in [0.2, 0.25) is 0 Å². The van der Waals surface area contributed by atoms with Gasteiger partial charge in [0.15, 0.2) is 23.5 Å². The molecule has 0 aliphatic carbocycles. The van der Waals surface area contributed by atoms with Crippen LogP contribution in [0.4, 0.5) is 19.0 Å². The number of ether oxygens (including phenoxy) is 1. The third-order valence-corrected chi connectivity index (χ3v) is 8.09. The standard InChI is InChI=1S/C22H18F3N5O3S/c23-16-9-18-19(10-17(16)24)28-21(12-27-18)29-6-5-22(20(25)13-29)30(7-8-33-22)34(31,32)15-3-1-14(11-26)2-4-15/h1-4,9-10,12,20H,5-8,13H2/t20-,22+/m1/s1. The predicted octanol–water partition coefficient (Wildman–Crippen LogP) is 2.75. The number of hydrogen-bond donors (Lipinski definition) is 0. The number of benzene rings is 2. The molecule has 8 nitrogen and oxygen atoms in total. The lowest BCUT2D eigenvalue weighted by Gasteiger charge is -2.45. The highest BCUT2D eigenvalue weighted by Crippen LogP contribution is 2.40. The number of anilines is 1. The van der Waals surface area contributed by atoms with Crippen molar-refractivity contribution < 1.29 is 26.3 Å². The number of hydrogen-bond acceptors (Lipinski definition) is 7. The minimum atomic E-state index is -4.09. The summed E-state index contributed by atoms with van der Waals surface area (Å²) in [7, 11) is -4.09. The van der Waals surface area contributed by atoms with Crippen LogP contribution in [0.1, 0.15) is 12.0 Å². The van der Waals surface area contributed by atoms with Gasteiger partial charge in [0.1, 0.15) is 5.82 Å². The zero-order chi connectivity index (χ0) is 24.1. The van der Waals surface area contributed by atoms with Gasteiger partial charge in [-0.05, 0) is 24.3 Å². The molecular formula is C22H18F3N5O3S. The van der Waals surface area contributed by atoms with E-state index in [-0.39, 0.29) is 54.4 Å². The summed E-state index contributed by atoms with van der Waals surface area (Å²) >= 11 is 0. The predicted molar refractivity (Wildman–Crippen MR) is 115 cm³/mol. The van der Waals surface area contributed by atoms with Gasteiger partial charge in [-0.15, -0.1) is 0 Å². The Hall–Kier alpha value is -3.27. The maximum atomic E-state index is 15.7. The van der Waals surface area contributed by atoms with Crippen molar-refractivity contribution in [2.24, 2.45) is 0 Å². The zero-order valence-electron chi connectivity index (χ0n) is 17.7. The zero-order valence-corrected chi connectivity index (χ0v) is 18.5. The summed E-state index contributed by atoms with van der Waals surface area (Å²) in [5.74, 6) is -1.85. The Balaban J connectivity index is 1.41. The molecule has 2 aliphatic heterocycles. The third-order valence-electron chi connectivity index (χ3n) is 6.15. The molecule has 0 amide bonds. The van der Waals surface area contributed by atoms with Crippen molar-refractivity contribution in [1.29, 1.82) is 5.26 Å². The molecule has 2 aliphatic rings. The molecular weight excluding hydrogens is 471 g/mol. The van der Waals surface area contributed by atoms with Crippen LogP contribution in [0, 0.1) is 23.0 Å². The number of nitriles is 1. The largest absolute Gasteiger partial charge is 0.355 e. The molecule has 0 radical (unpaired) electrons. The van der Waals surface area contributed by atoms with E-state index in [1.807, 2.05) is 6.07 Å². The van der Waals surface area contributed by atoms with Crippen molar-refractivity contribution in [3.8, 4) is 6.07 Å². The highest BCUT2D eigenvalue weighted by molar-refractivity contribution is 7.89. The fourth-order valence-electron chi connectivity index (χ4n) is 4.40. The van der Waals surface area contributed by atoms with Crippen LogP contribution < -0.4 is 4.90 Å². The summed E-state index contributed by atoms with van der Waals surface area (Å²) in [4.78, 5) is 9.87. The summed E-state index contributed by atoms with van der Waals surface area (Å²) in [6.07, 6.45) is -0.369. The van der Waals surface area contributed by atoms with Crippen LogP contribution in [0.15, 0.2) is 47.5 Å². The Morgan fingerprint density at radius 3 is 2.50 bits per heavy atom. The second-order valence-corrected chi connectivity index (χ2v) is 9.92. The SMILES string of the molecule is N#Cc1ccc(S(=O)(=O)N2CCO[C@]23CCN(c2cnc4cc(F)c(F)cc4n2)C[C@H]3F)cc1. The number of piperidine rings is 1. The fraction of sp³-hybridized carbons (Fsp3) is 0.318. The van der Waals surface area contributed by atoms with Gasteiger partial charge >= 0.3 is 0 Å². The number of aromatic nitrogens is 2. The normalized spacial score (nSPS) is 23.5. The van der Waals surface area contributed by atoms with Crippen LogP contribution in [0.5, 0.6) is 0 Å². The topological polar surface area (TPSA) is 99.4 Å². The molecule has 5 rings (SSSR count). The van der Waals surface area contributed by atoms with Crippen molar-refractivity contribution in [2.45, 2.75) is 23.2 Å². The van der Waals surface area contributed by atoms with Gasteiger partial charge in [0.2, 0.25) is 10.0 Å². The molecule has 0 unspecified atom stereocenters. The highest BCUT2D eigenvalue weighted by Gasteiger charge is 2.57. The van der Waals surface area contributed by atoms with Gasteiger partial charge in [-0.2, -0.15) is 9.57 Å². The Kier molecular flexibility index (Phi) is 5.43. The highest BCUT2D eigenvalue weighted by atomic mass is 32.2. The van der Waals surface area contributed by atoms with E-state index in [1.165, 1.54) is 30.5 Å². The quantitative estimate of drug-likeness (QED) is 0.558. The average molecular weight is 489 g/mol.